The van der Waals surface area contributed by atoms with E-state index in [4.69, 9.17) is 16.3 Å². The standard InChI is InChI=1S/C20H26ClN3O4/c1-3-23(4-2)19(26)12-28-17-8-5-14(10-16(17)21)22-20(27)13-9-18(25)24(11-13)15-6-7-15/h5,8,10,13,15H,3-4,6-7,9,11-12H2,1-2H3,(H,22,27). The number of benzene rings is 1. The summed E-state index contributed by atoms with van der Waals surface area (Å²) in [7, 11) is 0. The van der Waals surface area contributed by atoms with E-state index < -0.39 is 0 Å². The number of rotatable bonds is 8. The van der Waals surface area contributed by atoms with Crippen molar-refractivity contribution >= 4 is 35.0 Å². The van der Waals surface area contributed by atoms with Crippen LogP contribution in [0.15, 0.2) is 18.2 Å². The fraction of sp³-hybridized carbons (Fsp3) is 0.550. The van der Waals surface area contributed by atoms with E-state index >= 15 is 0 Å². The molecule has 0 bridgehead atoms. The lowest BCUT2D eigenvalue weighted by atomic mass is 10.1. The molecular weight excluding hydrogens is 382 g/mol. The SMILES string of the molecule is CCN(CC)C(=O)COc1ccc(NC(=O)C2CC(=O)N(C3CC3)C2)cc1Cl. The van der Waals surface area contributed by atoms with Crippen molar-refractivity contribution in [2.45, 2.75) is 39.2 Å². The van der Waals surface area contributed by atoms with Crippen LogP contribution >= 0.6 is 11.6 Å². The molecule has 1 aromatic carbocycles. The molecule has 2 aliphatic rings. The molecule has 1 saturated heterocycles. The van der Waals surface area contributed by atoms with E-state index in [1.807, 2.05) is 18.7 Å². The summed E-state index contributed by atoms with van der Waals surface area (Å²) in [6.07, 6.45) is 2.33. The highest BCUT2D eigenvalue weighted by Gasteiger charge is 2.41. The van der Waals surface area contributed by atoms with Gasteiger partial charge in [-0.3, -0.25) is 14.4 Å². The monoisotopic (exact) mass is 407 g/mol. The van der Waals surface area contributed by atoms with Gasteiger partial charge in [-0.1, -0.05) is 11.6 Å². The van der Waals surface area contributed by atoms with E-state index in [1.54, 1.807) is 23.1 Å². The number of anilines is 1. The van der Waals surface area contributed by atoms with Crippen molar-refractivity contribution in [2.24, 2.45) is 5.92 Å². The van der Waals surface area contributed by atoms with E-state index in [0.29, 0.717) is 42.1 Å². The first-order valence-electron chi connectivity index (χ1n) is 9.73. The Hall–Kier alpha value is -2.28. The van der Waals surface area contributed by atoms with Crippen molar-refractivity contribution in [1.82, 2.24) is 9.80 Å². The third-order valence-corrected chi connectivity index (χ3v) is 5.48. The summed E-state index contributed by atoms with van der Waals surface area (Å²) in [5, 5.41) is 3.13. The topological polar surface area (TPSA) is 79.0 Å². The van der Waals surface area contributed by atoms with Crippen molar-refractivity contribution in [3.63, 3.8) is 0 Å². The second-order valence-electron chi connectivity index (χ2n) is 7.17. The molecule has 152 valence electrons. The zero-order valence-electron chi connectivity index (χ0n) is 16.2. The first-order chi connectivity index (χ1) is 13.4. The number of hydrogen-bond acceptors (Lipinski definition) is 4. The van der Waals surface area contributed by atoms with Gasteiger partial charge in [-0.25, -0.2) is 0 Å². The maximum absolute atomic E-state index is 12.5. The molecule has 1 unspecified atom stereocenters. The van der Waals surface area contributed by atoms with Crippen molar-refractivity contribution in [3.8, 4) is 5.75 Å². The van der Waals surface area contributed by atoms with Crippen LogP contribution in [0.3, 0.4) is 0 Å². The van der Waals surface area contributed by atoms with E-state index in [1.165, 1.54) is 0 Å². The summed E-state index contributed by atoms with van der Waals surface area (Å²) >= 11 is 6.24. The Balaban J connectivity index is 1.54. The quantitative estimate of drug-likeness (QED) is 0.718. The maximum Gasteiger partial charge on any atom is 0.260 e. The Morgan fingerprint density at radius 1 is 1.29 bits per heavy atom. The number of carbonyl (C=O) groups is 3. The van der Waals surface area contributed by atoms with Gasteiger partial charge in [-0.05, 0) is 44.9 Å². The van der Waals surface area contributed by atoms with Crippen LogP contribution < -0.4 is 10.1 Å². The van der Waals surface area contributed by atoms with Gasteiger partial charge in [0.2, 0.25) is 11.8 Å². The first-order valence-corrected chi connectivity index (χ1v) is 10.1. The fourth-order valence-corrected chi connectivity index (χ4v) is 3.63. The number of hydrogen-bond donors (Lipinski definition) is 1. The summed E-state index contributed by atoms with van der Waals surface area (Å²) in [5.41, 5.74) is 0.537. The van der Waals surface area contributed by atoms with Crippen molar-refractivity contribution in [1.29, 1.82) is 0 Å². The minimum absolute atomic E-state index is 0.0577. The Labute approximate surface area is 169 Å². The molecule has 1 N–H and O–H groups in total. The van der Waals surface area contributed by atoms with E-state index in [0.717, 1.165) is 12.8 Å². The van der Waals surface area contributed by atoms with Crippen molar-refractivity contribution in [3.05, 3.63) is 23.2 Å². The molecule has 7 nitrogen and oxygen atoms in total. The normalized spacial score (nSPS) is 18.9. The zero-order valence-corrected chi connectivity index (χ0v) is 17.0. The summed E-state index contributed by atoms with van der Waals surface area (Å²) < 4.78 is 5.52. The number of amides is 3. The van der Waals surface area contributed by atoms with Gasteiger partial charge in [0.1, 0.15) is 5.75 Å². The average Bonchev–Trinajstić information content (AvgIpc) is 3.43. The van der Waals surface area contributed by atoms with Crippen LogP contribution in [0.25, 0.3) is 0 Å². The molecule has 1 heterocycles. The second kappa shape index (κ2) is 8.82. The van der Waals surface area contributed by atoms with Gasteiger partial charge in [0, 0.05) is 37.8 Å². The third-order valence-electron chi connectivity index (χ3n) is 5.18. The zero-order chi connectivity index (χ0) is 20.3. The van der Waals surface area contributed by atoms with Gasteiger partial charge < -0.3 is 19.9 Å². The van der Waals surface area contributed by atoms with Crippen molar-refractivity contribution in [2.75, 3.05) is 31.6 Å². The van der Waals surface area contributed by atoms with Crippen LogP contribution in [0, 0.1) is 5.92 Å². The van der Waals surface area contributed by atoms with E-state index in [2.05, 4.69) is 5.32 Å². The molecule has 1 aliphatic carbocycles. The summed E-state index contributed by atoms with van der Waals surface area (Å²) in [5.74, 6) is -0.185. The number of nitrogens with one attached hydrogen (secondary N) is 1. The highest BCUT2D eigenvalue weighted by atomic mass is 35.5. The van der Waals surface area contributed by atoms with Gasteiger partial charge in [0.05, 0.1) is 10.9 Å². The number of ether oxygens (including phenoxy) is 1. The number of halogens is 1. The molecule has 28 heavy (non-hydrogen) atoms. The molecule has 0 radical (unpaired) electrons. The number of likely N-dealkylation sites (N-methyl/N-ethyl adjacent to an activating group) is 1. The first kappa shape index (κ1) is 20.5. The third kappa shape index (κ3) is 4.76. The molecule has 0 spiro atoms. The average molecular weight is 408 g/mol. The summed E-state index contributed by atoms with van der Waals surface area (Å²) in [6.45, 7) is 5.46. The number of carbonyl (C=O) groups excluding carboxylic acids is 3. The van der Waals surface area contributed by atoms with Crippen molar-refractivity contribution < 1.29 is 19.1 Å². The van der Waals surface area contributed by atoms with Gasteiger partial charge in [-0.15, -0.1) is 0 Å². The predicted molar refractivity (Wildman–Crippen MR) is 106 cm³/mol. The largest absolute Gasteiger partial charge is 0.482 e. The van der Waals surface area contributed by atoms with Crippen LogP contribution in [-0.4, -0.2) is 59.8 Å². The smallest absolute Gasteiger partial charge is 0.260 e. The van der Waals surface area contributed by atoms with Crippen LogP contribution in [0.1, 0.15) is 33.1 Å². The van der Waals surface area contributed by atoms with Gasteiger partial charge in [0.25, 0.3) is 5.91 Å². The minimum Gasteiger partial charge on any atom is -0.482 e. The Kier molecular flexibility index (Phi) is 6.44. The van der Waals surface area contributed by atoms with Crippen LogP contribution in [0.4, 0.5) is 5.69 Å². The Morgan fingerprint density at radius 2 is 2.00 bits per heavy atom. The molecule has 1 aromatic rings. The molecule has 3 rings (SSSR count). The lowest BCUT2D eigenvalue weighted by Crippen LogP contribution is -2.34. The van der Waals surface area contributed by atoms with Gasteiger partial charge >= 0.3 is 0 Å². The van der Waals surface area contributed by atoms with Crippen LogP contribution in [0.5, 0.6) is 5.75 Å². The summed E-state index contributed by atoms with van der Waals surface area (Å²) in [4.78, 5) is 40.0. The van der Waals surface area contributed by atoms with Crippen LogP contribution in [-0.2, 0) is 14.4 Å². The lowest BCUT2D eigenvalue weighted by Gasteiger charge is -2.19. The Bertz CT molecular complexity index is 762. The molecule has 1 saturated carbocycles. The maximum atomic E-state index is 12.5. The number of likely N-dealkylation sites (tertiary alicyclic amines) is 1. The van der Waals surface area contributed by atoms with Crippen LogP contribution in [0.2, 0.25) is 5.02 Å². The minimum atomic E-state index is -0.338. The highest BCUT2D eigenvalue weighted by molar-refractivity contribution is 6.32. The molecule has 1 aliphatic heterocycles. The molecule has 8 heteroatoms. The molecule has 1 atom stereocenters. The molecule has 3 amide bonds. The number of nitrogens with zero attached hydrogens (tertiary/aromatic N) is 2. The molecular formula is C20H26ClN3O4. The summed E-state index contributed by atoms with van der Waals surface area (Å²) in [6, 6.07) is 5.22. The molecule has 0 aromatic heterocycles. The van der Waals surface area contributed by atoms with E-state index in [9.17, 15) is 14.4 Å². The fourth-order valence-electron chi connectivity index (χ4n) is 3.39. The van der Waals surface area contributed by atoms with Gasteiger partial charge in [-0.2, -0.15) is 0 Å². The molecule has 2 fully saturated rings. The lowest BCUT2D eigenvalue weighted by molar-refractivity contribution is -0.133. The van der Waals surface area contributed by atoms with Gasteiger partial charge in [0.15, 0.2) is 6.61 Å². The van der Waals surface area contributed by atoms with E-state index in [-0.39, 0.29) is 36.7 Å². The second-order valence-corrected chi connectivity index (χ2v) is 7.57. The highest BCUT2D eigenvalue weighted by Crippen LogP contribution is 2.33. The predicted octanol–water partition coefficient (Wildman–Crippen LogP) is 2.54. The Morgan fingerprint density at radius 3 is 2.61 bits per heavy atom.